The number of rotatable bonds is 7. The van der Waals surface area contributed by atoms with E-state index in [1.54, 1.807) is 32.7 Å². The fourth-order valence-electron chi connectivity index (χ4n) is 2.93. The molecule has 0 unspecified atom stereocenters. The summed E-state index contributed by atoms with van der Waals surface area (Å²) in [5, 5.41) is 7.17. The van der Waals surface area contributed by atoms with Crippen LogP contribution in [-0.4, -0.2) is 29.3 Å². The fraction of sp³-hybridized carbons (Fsp3) is 0.190. The fourth-order valence-corrected chi connectivity index (χ4v) is 2.93. The molecule has 0 saturated carbocycles. The van der Waals surface area contributed by atoms with E-state index in [0.29, 0.717) is 35.3 Å². The van der Waals surface area contributed by atoms with Crippen LogP contribution >= 0.6 is 0 Å². The van der Waals surface area contributed by atoms with Crippen LogP contribution in [0.5, 0.6) is 11.5 Å². The molecule has 4 rings (SSSR count). The zero-order valence-electron chi connectivity index (χ0n) is 16.3. The van der Waals surface area contributed by atoms with Crippen LogP contribution in [0.4, 0.5) is 5.95 Å². The lowest BCUT2D eigenvalue weighted by molar-refractivity contribution is 0.399. The molecule has 0 spiro atoms. The zero-order chi connectivity index (χ0) is 20.2. The van der Waals surface area contributed by atoms with Crippen LogP contribution in [-0.2, 0) is 6.54 Å². The summed E-state index contributed by atoms with van der Waals surface area (Å²) in [4.78, 5) is 9.06. The lowest BCUT2D eigenvalue weighted by atomic mass is 10.1. The number of furan rings is 1. The number of ether oxygens (including phenoxy) is 2. The second-order valence-electron chi connectivity index (χ2n) is 6.30. The predicted octanol–water partition coefficient (Wildman–Crippen LogP) is 4.33. The Bertz CT molecular complexity index is 1110. The van der Waals surface area contributed by atoms with Crippen molar-refractivity contribution in [3.05, 3.63) is 60.1 Å². The monoisotopic (exact) mass is 392 g/mol. The molecule has 0 aliphatic rings. The first-order valence-electron chi connectivity index (χ1n) is 8.97. The zero-order valence-corrected chi connectivity index (χ0v) is 16.3. The smallest absolute Gasteiger partial charge is 0.223 e. The van der Waals surface area contributed by atoms with Gasteiger partial charge in [-0.2, -0.15) is 0 Å². The van der Waals surface area contributed by atoms with Crippen molar-refractivity contribution in [2.45, 2.75) is 13.5 Å². The number of nitrogens with zero attached hydrogens (tertiary/aromatic N) is 3. The van der Waals surface area contributed by atoms with E-state index in [2.05, 4.69) is 20.4 Å². The normalized spacial score (nSPS) is 10.7. The molecule has 1 aromatic carbocycles. The Labute approximate surface area is 167 Å². The molecule has 3 heterocycles. The molecule has 0 atom stereocenters. The molecule has 0 radical (unpaired) electrons. The molecular weight excluding hydrogens is 372 g/mol. The topological polar surface area (TPSA) is 95.4 Å². The van der Waals surface area contributed by atoms with Crippen molar-refractivity contribution in [2.75, 3.05) is 19.5 Å². The van der Waals surface area contributed by atoms with E-state index in [-0.39, 0.29) is 0 Å². The van der Waals surface area contributed by atoms with Crippen molar-refractivity contribution >= 4 is 5.95 Å². The summed E-state index contributed by atoms with van der Waals surface area (Å²) in [5.74, 6) is 3.13. The number of aryl methyl sites for hydroxylation is 1. The number of anilines is 1. The molecule has 8 heteroatoms. The molecular formula is C21H20N4O4. The van der Waals surface area contributed by atoms with Gasteiger partial charge in [-0.05, 0) is 37.3 Å². The molecule has 0 amide bonds. The average Bonchev–Trinajstić information content (AvgIpc) is 3.43. The lowest BCUT2D eigenvalue weighted by Crippen LogP contribution is -2.06. The van der Waals surface area contributed by atoms with Crippen LogP contribution in [0.15, 0.2) is 57.8 Å². The van der Waals surface area contributed by atoms with Crippen molar-refractivity contribution in [2.24, 2.45) is 0 Å². The second-order valence-corrected chi connectivity index (χ2v) is 6.30. The maximum absolute atomic E-state index is 5.56. The highest BCUT2D eigenvalue weighted by molar-refractivity contribution is 5.75. The van der Waals surface area contributed by atoms with Gasteiger partial charge in [0.25, 0.3) is 0 Å². The molecule has 0 bridgehead atoms. The molecule has 4 aromatic rings. The second kappa shape index (κ2) is 8.05. The van der Waals surface area contributed by atoms with Gasteiger partial charge in [0, 0.05) is 24.4 Å². The summed E-state index contributed by atoms with van der Waals surface area (Å²) in [7, 11) is 3.26. The number of hydrogen-bond donors (Lipinski definition) is 1. The van der Waals surface area contributed by atoms with E-state index in [1.165, 1.54) is 0 Å². The standard InChI is InChI=1S/C21H20N4O4/c1-13-9-19(29-25-13)16-12-23-21(24-20(16)18-5-4-8-28-18)22-11-14-10-15(26-2)6-7-17(14)27-3/h4-10,12H,11H2,1-3H3,(H,22,23,24). The van der Waals surface area contributed by atoms with Crippen LogP contribution in [0.1, 0.15) is 11.3 Å². The van der Waals surface area contributed by atoms with Gasteiger partial charge >= 0.3 is 0 Å². The predicted molar refractivity (Wildman–Crippen MR) is 107 cm³/mol. The molecule has 0 saturated heterocycles. The first-order chi connectivity index (χ1) is 14.2. The molecule has 148 valence electrons. The first kappa shape index (κ1) is 18.5. The highest BCUT2D eigenvalue weighted by Crippen LogP contribution is 2.32. The molecule has 1 N–H and O–H groups in total. The Morgan fingerprint density at radius 2 is 1.97 bits per heavy atom. The third-order valence-corrected chi connectivity index (χ3v) is 4.36. The van der Waals surface area contributed by atoms with Crippen molar-refractivity contribution in [1.82, 2.24) is 15.1 Å². The Kier molecular flexibility index (Phi) is 5.15. The molecule has 8 nitrogen and oxygen atoms in total. The quantitative estimate of drug-likeness (QED) is 0.496. The third kappa shape index (κ3) is 3.91. The summed E-state index contributed by atoms with van der Waals surface area (Å²) in [6.07, 6.45) is 3.29. The maximum Gasteiger partial charge on any atom is 0.223 e. The van der Waals surface area contributed by atoms with Gasteiger partial charge in [-0.3, -0.25) is 0 Å². The van der Waals surface area contributed by atoms with E-state index in [0.717, 1.165) is 22.8 Å². The maximum atomic E-state index is 5.56. The van der Waals surface area contributed by atoms with E-state index >= 15 is 0 Å². The van der Waals surface area contributed by atoms with Crippen LogP contribution < -0.4 is 14.8 Å². The van der Waals surface area contributed by atoms with Gasteiger partial charge < -0.3 is 23.7 Å². The molecule has 0 aliphatic carbocycles. The molecule has 29 heavy (non-hydrogen) atoms. The highest BCUT2D eigenvalue weighted by atomic mass is 16.5. The van der Waals surface area contributed by atoms with Crippen LogP contribution in [0.25, 0.3) is 22.8 Å². The number of hydrogen-bond acceptors (Lipinski definition) is 8. The molecule has 0 fully saturated rings. The van der Waals surface area contributed by atoms with Crippen molar-refractivity contribution in [3.8, 4) is 34.3 Å². The SMILES string of the molecule is COc1ccc(OC)c(CNc2ncc(-c3cc(C)no3)c(-c3ccco3)n2)c1. The Balaban J connectivity index is 1.65. The number of benzene rings is 1. The first-order valence-corrected chi connectivity index (χ1v) is 8.97. The Hall–Kier alpha value is -3.81. The van der Waals surface area contributed by atoms with Gasteiger partial charge in [0.15, 0.2) is 11.5 Å². The number of methoxy groups -OCH3 is 2. The Morgan fingerprint density at radius 3 is 2.66 bits per heavy atom. The van der Waals surface area contributed by atoms with E-state index in [1.807, 2.05) is 37.3 Å². The van der Waals surface area contributed by atoms with Crippen molar-refractivity contribution in [1.29, 1.82) is 0 Å². The van der Waals surface area contributed by atoms with Crippen molar-refractivity contribution < 1.29 is 18.4 Å². The summed E-state index contributed by atoms with van der Waals surface area (Å²) in [6, 6.07) is 11.1. The average molecular weight is 392 g/mol. The van der Waals surface area contributed by atoms with Crippen LogP contribution in [0.2, 0.25) is 0 Å². The Morgan fingerprint density at radius 1 is 1.07 bits per heavy atom. The van der Waals surface area contributed by atoms with Gasteiger partial charge in [0.05, 0.1) is 31.7 Å². The van der Waals surface area contributed by atoms with E-state index in [4.69, 9.17) is 18.4 Å². The lowest BCUT2D eigenvalue weighted by Gasteiger charge is -2.12. The number of nitrogens with one attached hydrogen (secondary N) is 1. The van der Waals surface area contributed by atoms with Crippen molar-refractivity contribution in [3.63, 3.8) is 0 Å². The minimum atomic E-state index is 0.446. The van der Waals surface area contributed by atoms with E-state index < -0.39 is 0 Å². The summed E-state index contributed by atoms with van der Waals surface area (Å²) < 4.78 is 21.7. The van der Waals surface area contributed by atoms with Crippen LogP contribution in [0, 0.1) is 6.92 Å². The van der Waals surface area contributed by atoms with Gasteiger partial charge in [-0.1, -0.05) is 5.16 Å². The van der Waals surface area contributed by atoms with Gasteiger partial charge in [-0.15, -0.1) is 0 Å². The molecule has 3 aromatic heterocycles. The highest BCUT2D eigenvalue weighted by Gasteiger charge is 2.17. The minimum absolute atomic E-state index is 0.446. The van der Waals surface area contributed by atoms with Gasteiger partial charge in [-0.25, -0.2) is 9.97 Å². The summed E-state index contributed by atoms with van der Waals surface area (Å²) in [5.41, 5.74) is 3.01. The van der Waals surface area contributed by atoms with Crippen LogP contribution in [0.3, 0.4) is 0 Å². The largest absolute Gasteiger partial charge is 0.497 e. The summed E-state index contributed by atoms with van der Waals surface area (Å²) in [6.45, 7) is 2.32. The number of aromatic nitrogens is 3. The van der Waals surface area contributed by atoms with Gasteiger partial charge in [0.1, 0.15) is 17.2 Å². The summed E-state index contributed by atoms with van der Waals surface area (Å²) >= 11 is 0. The third-order valence-electron chi connectivity index (χ3n) is 4.36. The van der Waals surface area contributed by atoms with Gasteiger partial charge in [0.2, 0.25) is 5.95 Å². The minimum Gasteiger partial charge on any atom is -0.497 e. The molecule has 0 aliphatic heterocycles. The van der Waals surface area contributed by atoms with E-state index in [9.17, 15) is 0 Å².